The Morgan fingerprint density at radius 2 is 1.63 bits per heavy atom. The van der Waals surface area contributed by atoms with E-state index in [1.807, 2.05) is 56.3 Å². The van der Waals surface area contributed by atoms with E-state index in [0.29, 0.717) is 26.1 Å². The summed E-state index contributed by atoms with van der Waals surface area (Å²) in [6.07, 6.45) is 1.27. The minimum absolute atomic E-state index is 0.0664. The van der Waals surface area contributed by atoms with Crippen molar-refractivity contribution in [3.8, 4) is 0 Å². The second-order valence-electron chi connectivity index (χ2n) is 11.5. The Morgan fingerprint density at radius 1 is 0.927 bits per heavy atom. The summed E-state index contributed by atoms with van der Waals surface area (Å²) in [6.45, 7) is 16.0. The number of aliphatic carboxylic acids is 1. The van der Waals surface area contributed by atoms with Gasteiger partial charge in [-0.3, -0.25) is 9.59 Å². The maximum absolute atomic E-state index is 13.9. The molecule has 7 nitrogen and oxygen atoms in total. The van der Waals surface area contributed by atoms with Gasteiger partial charge in [-0.2, -0.15) is 0 Å². The number of hydrogen-bond donors (Lipinski definition) is 1. The topological polar surface area (TPSA) is 88.3 Å². The van der Waals surface area contributed by atoms with Gasteiger partial charge in [0.1, 0.15) is 5.52 Å². The van der Waals surface area contributed by atoms with E-state index < -0.39 is 11.9 Å². The molecular weight excluding hydrogens is 512 g/mol. The zero-order chi connectivity index (χ0) is 29.6. The molecule has 3 aromatic carbocycles. The minimum Gasteiger partial charge on any atom is -0.481 e. The molecule has 0 radical (unpaired) electrons. The number of amides is 1. The highest BCUT2D eigenvalue weighted by Crippen LogP contribution is 2.39. The van der Waals surface area contributed by atoms with Crippen molar-refractivity contribution in [2.24, 2.45) is 5.92 Å². The number of aryl methyl sites for hydroxylation is 4. The van der Waals surface area contributed by atoms with Crippen molar-refractivity contribution in [2.75, 3.05) is 6.54 Å². The fraction of sp³-hybridized carbons (Fsp3) is 0.412. The van der Waals surface area contributed by atoms with Crippen LogP contribution in [0.1, 0.15) is 86.6 Å². The molecule has 7 heteroatoms. The highest BCUT2D eigenvalue weighted by atomic mass is 16.4. The average Bonchev–Trinajstić information content (AvgIpc) is 3.39. The first-order valence-corrected chi connectivity index (χ1v) is 14.6. The van der Waals surface area contributed by atoms with Crippen molar-refractivity contribution in [1.29, 1.82) is 0 Å². The normalized spacial score (nSPS) is 14.7. The summed E-state index contributed by atoms with van der Waals surface area (Å²) in [4.78, 5) is 28.4. The molecule has 41 heavy (non-hydrogen) atoms. The lowest BCUT2D eigenvalue weighted by molar-refractivity contribution is -0.142. The molecule has 2 heterocycles. The van der Waals surface area contributed by atoms with Crippen LogP contribution in [0.5, 0.6) is 0 Å². The van der Waals surface area contributed by atoms with Gasteiger partial charge in [-0.25, -0.2) is 4.68 Å². The van der Waals surface area contributed by atoms with Crippen LogP contribution in [0, 0.1) is 40.5 Å². The Kier molecular flexibility index (Phi) is 7.73. The molecule has 0 fully saturated rings. The zero-order valence-electron chi connectivity index (χ0n) is 25.2. The van der Waals surface area contributed by atoms with Crippen molar-refractivity contribution in [3.05, 3.63) is 92.0 Å². The summed E-state index contributed by atoms with van der Waals surface area (Å²) in [5, 5.41) is 19.0. The smallest absolute Gasteiger partial charge is 0.307 e. The van der Waals surface area contributed by atoms with E-state index in [0.717, 1.165) is 67.5 Å². The third kappa shape index (κ3) is 4.92. The van der Waals surface area contributed by atoms with Crippen LogP contribution in [0.4, 0.5) is 0 Å². The molecule has 0 saturated heterocycles. The van der Waals surface area contributed by atoms with Gasteiger partial charge in [0.25, 0.3) is 5.91 Å². The number of carboxylic acid groups (broad SMARTS) is 1. The summed E-state index contributed by atoms with van der Waals surface area (Å²) in [5.74, 6) is -1.71. The van der Waals surface area contributed by atoms with Gasteiger partial charge >= 0.3 is 5.97 Å². The molecule has 214 valence electrons. The fourth-order valence-corrected chi connectivity index (χ4v) is 6.57. The van der Waals surface area contributed by atoms with Gasteiger partial charge in [-0.15, -0.1) is 5.10 Å². The number of carbonyl (C=O) groups is 2. The second kappa shape index (κ2) is 11.1. The van der Waals surface area contributed by atoms with Crippen LogP contribution in [-0.2, 0) is 24.3 Å². The number of rotatable bonds is 7. The van der Waals surface area contributed by atoms with Crippen molar-refractivity contribution >= 4 is 22.9 Å². The van der Waals surface area contributed by atoms with E-state index in [2.05, 4.69) is 48.4 Å². The predicted octanol–water partition coefficient (Wildman–Crippen LogP) is 6.43. The molecule has 1 N–H and O–H groups in total. The quantitative estimate of drug-likeness (QED) is 0.285. The molecule has 4 aromatic rings. The standard InChI is InChI=1S/C34H40N4O3/c1-8-27(34(40)41)31(28-12-13-29-32(23(28)7)35-36-38(29)9-2)25-11-10-24-14-15-37(18-26(24)17-25)33(39)30-21(5)19(3)16-20(4)22(30)6/h10-13,16-17,27,31H,8-9,14-15,18H2,1-7H3,(H,40,41)/t27-,31-/m1/s1. The third-order valence-corrected chi connectivity index (χ3v) is 9.25. The number of carboxylic acids is 1. The Morgan fingerprint density at radius 3 is 2.27 bits per heavy atom. The Balaban J connectivity index is 1.56. The molecule has 1 amide bonds. The van der Waals surface area contributed by atoms with Crippen LogP contribution in [0.3, 0.4) is 0 Å². The second-order valence-corrected chi connectivity index (χ2v) is 11.5. The van der Waals surface area contributed by atoms with Gasteiger partial charge in [0.2, 0.25) is 0 Å². The third-order valence-electron chi connectivity index (χ3n) is 9.25. The summed E-state index contributed by atoms with van der Waals surface area (Å²) in [5.41, 5.74) is 12.1. The molecule has 1 aromatic heterocycles. The van der Waals surface area contributed by atoms with Gasteiger partial charge in [-0.1, -0.05) is 42.5 Å². The van der Waals surface area contributed by atoms with E-state index in [1.165, 1.54) is 5.56 Å². The van der Waals surface area contributed by atoms with Gasteiger partial charge in [0.05, 0.1) is 11.4 Å². The molecule has 1 aliphatic rings. The predicted molar refractivity (Wildman–Crippen MR) is 161 cm³/mol. The van der Waals surface area contributed by atoms with Crippen LogP contribution in [0.15, 0.2) is 36.4 Å². The zero-order valence-corrected chi connectivity index (χ0v) is 25.2. The van der Waals surface area contributed by atoms with Crippen molar-refractivity contribution in [3.63, 3.8) is 0 Å². The van der Waals surface area contributed by atoms with Crippen molar-refractivity contribution < 1.29 is 14.7 Å². The molecule has 0 aliphatic carbocycles. The summed E-state index contributed by atoms with van der Waals surface area (Å²) in [6, 6.07) is 12.5. The SMILES string of the molecule is CC[C@@H](C(=O)O)[C@@H](c1ccc2c(c1)CN(C(=O)c1c(C)c(C)cc(C)c1C)CC2)c1ccc2c(nnn2CC)c1C. The van der Waals surface area contributed by atoms with Crippen LogP contribution in [-0.4, -0.2) is 43.4 Å². The highest BCUT2D eigenvalue weighted by molar-refractivity contribution is 5.98. The number of aromatic nitrogens is 3. The number of hydrogen-bond acceptors (Lipinski definition) is 4. The number of nitrogens with zero attached hydrogens (tertiary/aromatic N) is 4. The summed E-state index contributed by atoms with van der Waals surface area (Å²) < 4.78 is 1.86. The van der Waals surface area contributed by atoms with E-state index in [9.17, 15) is 14.7 Å². The van der Waals surface area contributed by atoms with E-state index >= 15 is 0 Å². The first-order valence-electron chi connectivity index (χ1n) is 14.6. The molecule has 0 bridgehead atoms. The largest absolute Gasteiger partial charge is 0.481 e. The Bertz CT molecular complexity index is 1640. The molecular formula is C34H40N4O3. The minimum atomic E-state index is -0.815. The van der Waals surface area contributed by atoms with Crippen LogP contribution >= 0.6 is 0 Å². The van der Waals surface area contributed by atoms with Crippen LogP contribution in [0.25, 0.3) is 11.0 Å². The molecule has 1 aliphatic heterocycles. The van der Waals surface area contributed by atoms with E-state index in [-0.39, 0.29) is 11.8 Å². The molecule has 0 unspecified atom stereocenters. The monoisotopic (exact) mass is 552 g/mol. The van der Waals surface area contributed by atoms with Gasteiger partial charge < -0.3 is 10.0 Å². The first kappa shape index (κ1) is 28.5. The average molecular weight is 553 g/mol. The van der Waals surface area contributed by atoms with Crippen molar-refractivity contribution in [1.82, 2.24) is 19.9 Å². The van der Waals surface area contributed by atoms with Gasteiger partial charge in [-0.05, 0) is 111 Å². The summed E-state index contributed by atoms with van der Waals surface area (Å²) >= 11 is 0. The van der Waals surface area contributed by atoms with Crippen LogP contribution < -0.4 is 0 Å². The number of carbonyl (C=O) groups excluding carboxylic acids is 1. The van der Waals surface area contributed by atoms with Gasteiger partial charge in [0.15, 0.2) is 0 Å². The lowest BCUT2D eigenvalue weighted by Crippen LogP contribution is -2.37. The lowest BCUT2D eigenvalue weighted by atomic mass is 9.76. The first-order chi connectivity index (χ1) is 19.6. The molecule has 2 atom stereocenters. The Labute approximate surface area is 242 Å². The molecule has 0 spiro atoms. The number of benzene rings is 3. The van der Waals surface area contributed by atoms with Crippen molar-refractivity contribution in [2.45, 2.75) is 80.3 Å². The Hall–Kier alpha value is -4.00. The summed E-state index contributed by atoms with van der Waals surface area (Å²) in [7, 11) is 0. The van der Waals surface area contributed by atoms with Crippen LogP contribution in [0.2, 0.25) is 0 Å². The molecule has 0 saturated carbocycles. The fourth-order valence-electron chi connectivity index (χ4n) is 6.57. The van der Waals surface area contributed by atoms with E-state index in [1.54, 1.807) is 0 Å². The molecule has 5 rings (SSSR count). The maximum Gasteiger partial charge on any atom is 0.307 e. The van der Waals surface area contributed by atoms with E-state index in [4.69, 9.17) is 0 Å². The highest BCUT2D eigenvalue weighted by Gasteiger charge is 2.33. The maximum atomic E-state index is 13.9. The van der Waals surface area contributed by atoms with Gasteiger partial charge in [0, 0.05) is 31.1 Å². The number of fused-ring (bicyclic) bond motifs is 2. The lowest BCUT2D eigenvalue weighted by Gasteiger charge is -2.32.